The Hall–Kier alpha value is -3.63. The van der Waals surface area contributed by atoms with Gasteiger partial charge in [-0.3, -0.25) is 4.90 Å². The van der Waals surface area contributed by atoms with Crippen molar-refractivity contribution in [3.05, 3.63) is 87.5 Å². The number of carboxylic acid groups (broad SMARTS) is 1. The van der Waals surface area contributed by atoms with E-state index in [9.17, 15) is 9.90 Å². The van der Waals surface area contributed by atoms with Crippen LogP contribution in [0.3, 0.4) is 0 Å². The summed E-state index contributed by atoms with van der Waals surface area (Å²) in [5.41, 5.74) is 4.41. The summed E-state index contributed by atoms with van der Waals surface area (Å²) in [7, 11) is 0. The molecule has 9 nitrogen and oxygen atoms in total. The molecule has 7 rings (SSSR count). The van der Waals surface area contributed by atoms with Crippen LogP contribution in [0.15, 0.2) is 59.0 Å². The van der Waals surface area contributed by atoms with Gasteiger partial charge in [0.05, 0.1) is 40.8 Å². The molecule has 2 saturated heterocycles. The zero-order valence-corrected chi connectivity index (χ0v) is 24.9. The molecule has 5 aromatic rings. The molecule has 1 atom stereocenters. The molecule has 0 bridgehead atoms. The molecule has 1 N–H and O–H groups in total. The van der Waals surface area contributed by atoms with Gasteiger partial charge in [0.25, 0.3) is 0 Å². The number of piperidine rings is 1. The lowest BCUT2D eigenvalue weighted by atomic mass is 9.93. The maximum atomic E-state index is 11.6. The Morgan fingerprint density at radius 2 is 1.88 bits per heavy atom. The average molecular weight is 622 g/mol. The Bertz CT molecular complexity index is 1810. The van der Waals surface area contributed by atoms with Crippen molar-refractivity contribution in [1.82, 2.24) is 19.4 Å². The van der Waals surface area contributed by atoms with Crippen molar-refractivity contribution in [2.24, 2.45) is 0 Å². The van der Waals surface area contributed by atoms with Crippen LogP contribution in [-0.2, 0) is 24.4 Å². The summed E-state index contributed by atoms with van der Waals surface area (Å²) in [6.07, 6.45) is 3.07. The predicted molar refractivity (Wildman–Crippen MR) is 163 cm³/mol. The highest BCUT2D eigenvalue weighted by Gasteiger charge is 2.26. The number of carbonyl (C=O) groups is 1. The lowest BCUT2D eigenvalue weighted by Gasteiger charge is -2.32. The van der Waals surface area contributed by atoms with E-state index < -0.39 is 5.97 Å². The van der Waals surface area contributed by atoms with Crippen LogP contribution in [0.2, 0.25) is 10.2 Å². The van der Waals surface area contributed by atoms with Crippen molar-refractivity contribution in [3.63, 3.8) is 0 Å². The predicted octanol–water partition coefficient (Wildman–Crippen LogP) is 6.93. The molecule has 0 spiro atoms. The van der Waals surface area contributed by atoms with E-state index in [4.69, 9.17) is 47.1 Å². The minimum absolute atomic E-state index is 0.138. The minimum atomic E-state index is -0.939. The number of likely N-dealkylation sites (tertiary alicyclic amines) is 1. The standard InChI is InChI=1S/C32H30Cl2N4O5/c33-24-6-4-21(31-23(24)15-28(34)43-31)18-42-30-3-1-2-25(36-30)19-8-11-37(12-9-19)17-29-35-26-7-5-20(32(39)40)14-27(26)38(29)16-22-10-13-41-22/h1-7,14-15,19,22H,8-13,16-18H2,(H,39,40). The highest BCUT2D eigenvalue weighted by molar-refractivity contribution is 6.36. The second-order valence-electron chi connectivity index (χ2n) is 11.2. The number of furan rings is 1. The van der Waals surface area contributed by atoms with Gasteiger partial charge in [-0.1, -0.05) is 23.7 Å². The quantitative estimate of drug-likeness (QED) is 0.189. The number of halogens is 2. The second-order valence-corrected chi connectivity index (χ2v) is 11.9. The van der Waals surface area contributed by atoms with Crippen molar-refractivity contribution in [2.75, 3.05) is 19.7 Å². The fourth-order valence-corrected chi connectivity index (χ4v) is 6.36. The number of aromatic carboxylic acids is 1. The number of hydrogen-bond acceptors (Lipinski definition) is 7. The highest BCUT2D eigenvalue weighted by Crippen LogP contribution is 2.33. The average Bonchev–Trinajstić information content (AvgIpc) is 3.55. The van der Waals surface area contributed by atoms with Gasteiger partial charge in [0.1, 0.15) is 18.0 Å². The molecular weight excluding hydrogens is 591 g/mol. The lowest BCUT2D eigenvalue weighted by molar-refractivity contribution is -0.0592. The summed E-state index contributed by atoms with van der Waals surface area (Å²) in [5, 5.41) is 11.1. The summed E-state index contributed by atoms with van der Waals surface area (Å²) in [6.45, 7) is 4.24. The van der Waals surface area contributed by atoms with Gasteiger partial charge in [-0.15, -0.1) is 0 Å². The fraction of sp³-hybridized carbons (Fsp3) is 0.344. The molecule has 5 heterocycles. The number of pyridine rings is 1. The Morgan fingerprint density at radius 1 is 1.05 bits per heavy atom. The number of aromatic nitrogens is 3. The van der Waals surface area contributed by atoms with E-state index in [1.54, 1.807) is 24.3 Å². The van der Waals surface area contributed by atoms with Crippen molar-refractivity contribution in [2.45, 2.75) is 51.0 Å². The molecule has 2 aliphatic rings. The number of nitrogens with zero attached hydrogens (tertiary/aromatic N) is 4. The zero-order valence-electron chi connectivity index (χ0n) is 23.3. The summed E-state index contributed by atoms with van der Waals surface area (Å²) < 4.78 is 19.6. The molecule has 2 fully saturated rings. The molecule has 3 aromatic heterocycles. The van der Waals surface area contributed by atoms with Crippen molar-refractivity contribution in [1.29, 1.82) is 0 Å². The first-order valence-corrected chi connectivity index (χ1v) is 15.2. The molecule has 43 heavy (non-hydrogen) atoms. The number of imidazole rings is 1. The zero-order chi connectivity index (χ0) is 29.5. The van der Waals surface area contributed by atoms with Gasteiger partial charge in [0.2, 0.25) is 5.88 Å². The normalized spacial score (nSPS) is 17.9. The molecular formula is C32H30Cl2N4O5. The van der Waals surface area contributed by atoms with Crippen LogP contribution in [0.1, 0.15) is 52.6 Å². The first-order chi connectivity index (χ1) is 20.9. The third-order valence-electron chi connectivity index (χ3n) is 8.43. The van der Waals surface area contributed by atoms with Crippen molar-refractivity contribution >= 4 is 51.2 Å². The number of ether oxygens (including phenoxy) is 2. The SMILES string of the molecule is O=C(O)c1ccc2nc(CN3CCC(c4cccc(OCc5ccc(Cl)c6cc(Cl)oc56)n4)CC3)n(CC3CCO3)c2c1. The summed E-state index contributed by atoms with van der Waals surface area (Å²) in [5.74, 6) is 0.889. The second kappa shape index (κ2) is 11.8. The third-order valence-corrected chi connectivity index (χ3v) is 8.94. The van der Waals surface area contributed by atoms with Crippen molar-refractivity contribution in [3.8, 4) is 5.88 Å². The van der Waals surface area contributed by atoms with E-state index in [2.05, 4.69) is 15.5 Å². The van der Waals surface area contributed by atoms with Gasteiger partial charge in [-0.2, -0.15) is 0 Å². The van der Waals surface area contributed by atoms with E-state index in [1.165, 1.54) is 0 Å². The summed E-state index contributed by atoms with van der Waals surface area (Å²) in [6, 6.07) is 16.5. The molecule has 2 aliphatic heterocycles. The minimum Gasteiger partial charge on any atom is -0.478 e. The monoisotopic (exact) mass is 620 g/mol. The summed E-state index contributed by atoms with van der Waals surface area (Å²) in [4.78, 5) is 23.8. The van der Waals surface area contributed by atoms with E-state index in [0.717, 1.165) is 72.5 Å². The molecule has 0 amide bonds. The fourth-order valence-electron chi connectivity index (χ4n) is 5.97. The van der Waals surface area contributed by atoms with Crippen LogP contribution < -0.4 is 4.74 Å². The van der Waals surface area contributed by atoms with Gasteiger partial charge in [0.15, 0.2) is 5.22 Å². The largest absolute Gasteiger partial charge is 0.478 e. The lowest BCUT2D eigenvalue weighted by Crippen LogP contribution is -2.35. The Morgan fingerprint density at radius 3 is 2.65 bits per heavy atom. The van der Waals surface area contributed by atoms with E-state index in [1.807, 2.05) is 24.3 Å². The number of fused-ring (bicyclic) bond motifs is 2. The molecule has 1 unspecified atom stereocenters. The smallest absolute Gasteiger partial charge is 0.335 e. The van der Waals surface area contributed by atoms with Crippen LogP contribution in [0, 0.1) is 0 Å². The number of hydrogen-bond donors (Lipinski definition) is 1. The maximum absolute atomic E-state index is 11.6. The first kappa shape index (κ1) is 28.2. The molecule has 0 radical (unpaired) electrons. The highest BCUT2D eigenvalue weighted by atomic mass is 35.5. The number of carboxylic acids is 1. The first-order valence-electron chi connectivity index (χ1n) is 14.4. The van der Waals surface area contributed by atoms with Crippen LogP contribution in [0.5, 0.6) is 5.88 Å². The molecule has 2 aromatic carbocycles. The van der Waals surface area contributed by atoms with Gasteiger partial charge in [0, 0.05) is 41.3 Å². The van der Waals surface area contributed by atoms with Crippen LogP contribution in [0.4, 0.5) is 0 Å². The van der Waals surface area contributed by atoms with Gasteiger partial charge < -0.3 is 23.6 Å². The Balaban J connectivity index is 1.01. The Labute approximate surface area is 257 Å². The summed E-state index contributed by atoms with van der Waals surface area (Å²) >= 11 is 12.4. The molecule has 0 saturated carbocycles. The van der Waals surface area contributed by atoms with Gasteiger partial charge >= 0.3 is 5.97 Å². The Kier molecular flexibility index (Phi) is 7.73. The molecule has 222 valence electrons. The van der Waals surface area contributed by atoms with Gasteiger partial charge in [-0.05, 0) is 74.3 Å². The van der Waals surface area contributed by atoms with Crippen LogP contribution in [-0.4, -0.2) is 56.3 Å². The topological polar surface area (TPSA) is 103 Å². The third kappa shape index (κ3) is 5.82. The maximum Gasteiger partial charge on any atom is 0.335 e. The van der Waals surface area contributed by atoms with Crippen LogP contribution in [0.25, 0.3) is 22.0 Å². The van der Waals surface area contributed by atoms with Gasteiger partial charge in [-0.25, -0.2) is 14.8 Å². The van der Waals surface area contributed by atoms with Crippen molar-refractivity contribution < 1.29 is 23.8 Å². The van der Waals surface area contributed by atoms with E-state index in [-0.39, 0.29) is 23.5 Å². The number of rotatable bonds is 9. The number of benzene rings is 2. The molecule has 0 aliphatic carbocycles. The van der Waals surface area contributed by atoms with Crippen LogP contribution >= 0.6 is 23.2 Å². The molecule has 11 heteroatoms. The van der Waals surface area contributed by atoms with E-state index >= 15 is 0 Å². The van der Waals surface area contributed by atoms with E-state index in [0.29, 0.717) is 35.5 Å².